The van der Waals surface area contributed by atoms with Crippen molar-refractivity contribution in [3.63, 3.8) is 0 Å². The Bertz CT molecular complexity index is 1120. The summed E-state index contributed by atoms with van der Waals surface area (Å²) < 4.78 is 5.49. The Morgan fingerprint density at radius 1 is 0.951 bits per heavy atom. The fraction of sp³-hybridized carbons (Fsp3) is 0.600. The van der Waals surface area contributed by atoms with Gasteiger partial charge in [-0.1, -0.05) is 86.7 Å². The minimum atomic E-state index is -0.749. The quantitative estimate of drug-likeness (QED) is 0.307. The molecule has 3 aliphatic rings. The van der Waals surface area contributed by atoms with Crippen LogP contribution in [0.1, 0.15) is 86.9 Å². The van der Waals surface area contributed by atoms with Gasteiger partial charge >= 0.3 is 0 Å². The molecule has 1 amide bonds. The number of carbonyl (C=O) groups excluding carboxylic acids is 2. The highest BCUT2D eigenvalue weighted by Crippen LogP contribution is 2.35. The van der Waals surface area contributed by atoms with Gasteiger partial charge in [-0.3, -0.25) is 9.59 Å². The van der Waals surface area contributed by atoms with Gasteiger partial charge in [0.2, 0.25) is 5.91 Å². The molecule has 6 heteroatoms. The smallest absolute Gasteiger partial charge is 0.224 e. The van der Waals surface area contributed by atoms with E-state index in [2.05, 4.69) is 5.32 Å². The summed E-state index contributed by atoms with van der Waals surface area (Å²) in [6.45, 7) is 1.37. The summed E-state index contributed by atoms with van der Waals surface area (Å²) in [4.78, 5) is 27.0. The van der Waals surface area contributed by atoms with Crippen LogP contribution in [0.25, 0.3) is 0 Å². The number of hydrogen-bond donors (Lipinski definition) is 3. The highest BCUT2D eigenvalue weighted by atomic mass is 16.5. The van der Waals surface area contributed by atoms with Gasteiger partial charge in [0.1, 0.15) is 5.78 Å². The molecule has 0 aromatic heterocycles. The number of aliphatic hydroxyl groups is 2. The normalized spacial score (nSPS) is 24.9. The lowest BCUT2D eigenvalue weighted by molar-refractivity contribution is -0.128. The maximum atomic E-state index is 13.8. The molecule has 2 aromatic carbocycles. The number of ketones is 1. The van der Waals surface area contributed by atoms with E-state index in [1.165, 1.54) is 19.3 Å². The zero-order chi connectivity index (χ0) is 28.6. The first-order valence-corrected chi connectivity index (χ1v) is 15.8. The maximum absolute atomic E-state index is 13.8. The Morgan fingerprint density at radius 2 is 1.71 bits per heavy atom. The second-order valence-electron chi connectivity index (χ2n) is 12.8. The van der Waals surface area contributed by atoms with E-state index in [4.69, 9.17) is 4.74 Å². The van der Waals surface area contributed by atoms with Gasteiger partial charge in [-0.2, -0.15) is 0 Å². The van der Waals surface area contributed by atoms with Gasteiger partial charge in [-0.05, 0) is 60.1 Å². The summed E-state index contributed by atoms with van der Waals surface area (Å²) >= 11 is 0. The highest BCUT2D eigenvalue weighted by Gasteiger charge is 2.36. The van der Waals surface area contributed by atoms with Crippen LogP contribution in [0.15, 0.2) is 54.6 Å². The Hall–Kier alpha value is -2.54. The largest absolute Gasteiger partial charge is 0.393 e. The molecule has 41 heavy (non-hydrogen) atoms. The van der Waals surface area contributed by atoms with Crippen molar-refractivity contribution in [3.8, 4) is 0 Å². The number of fused-ring (bicyclic) bond motifs is 1. The molecule has 1 heterocycles. The number of Topliss-reactive ketones (excluding diaryl/α,β-unsaturated/α-hetero) is 1. The van der Waals surface area contributed by atoms with Gasteiger partial charge < -0.3 is 20.3 Å². The molecular formula is C35H47NO5. The molecule has 6 nitrogen and oxygen atoms in total. The average Bonchev–Trinajstić information content (AvgIpc) is 3.60. The molecule has 3 N–H and O–H groups in total. The number of carbonyl (C=O) groups is 2. The number of hydrogen-bond acceptors (Lipinski definition) is 5. The zero-order valence-electron chi connectivity index (χ0n) is 24.3. The van der Waals surface area contributed by atoms with Gasteiger partial charge in [0, 0.05) is 38.4 Å². The second kappa shape index (κ2) is 14.6. The van der Waals surface area contributed by atoms with E-state index in [-0.39, 0.29) is 23.5 Å². The number of rotatable bonds is 13. The van der Waals surface area contributed by atoms with Crippen molar-refractivity contribution in [3.05, 3.63) is 71.3 Å². The number of benzene rings is 2. The lowest BCUT2D eigenvalue weighted by atomic mass is 9.76. The number of nitrogens with one attached hydrogen (secondary N) is 1. The molecule has 2 fully saturated rings. The summed E-state index contributed by atoms with van der Waals surface area (Å²) in [6.07, 6.45) is 8.53. The third kappa shape index (κ3) is 8.27. The van der Waals surface area contributed by atoms with Crippen molar-refractivity contribution in [2.45, 2.75) is 95.3 Å². The van der Waals surface area contributed by atoms with Gasteiger partial charge in [-0.15, -0.1) is 0 Å². The van der Waals surface area contributed by atoms with Crippen LogP contribution in [0, 0.1) is 23.7 Å². The first-order chi connectivity index (χ1) is 20.0. The molecule has 1 aliphatic heterocycles. The summed E-state index contributed by atoms with van der Waals surface area (Å²) in [5.74, 6) is 0.232. The third-order valence-corrected chi connectivity index (χ3v) is 9.66. The third-order valence-electron chi connectivity index (χ3n) is 9.66. The van der Waals surface area contributed by atoms with Gasteiger partial charge in [0.25, 0.3) is 0 Å². The fourth-order valence-electron chi connectivity index (χ4n) is 7.35. The average molecular weight is 562 g/mol. The monoisotopic (exact) mass is 561 g/mol. The van der Waals surface area contributed by atoms with E-state index in [1.807, 2.05) is 54.6 Å². The lowest BCUT2D eigenvalue weighted by Gasteiger charge is -2.31. The number of amides is 1. The van der Waals surface area contributed by atoms with E-state index < -0.39 is 24.2 Å². The summed E-state index contributed by atoms with van der Waals surface area (Å²) in [5.41, 5.74) is 3.06. The fourth-order valence-corrected chi connectivity index (χ4v) is 7.35. The van der Waals surface area contributed by atoms with Crippen molar-refractivity contribution >= 4 is 11.7 Å². The van der Waals surface area contributed by atoms with Crippen molar-refractivity contribution < 1.29 is 24.5 Å². The molecule has 0 spiro atoms. The maximum Gasteiger partial charge on any atom is 0.224 e. The standard InChI is InChI=1S/C35H47NO5/c37-30(19-26-15-16-41-23-26)20-28(17-24-9-3-1-4-10-24)32(38)22-29(18-25-11-5-2-6-12-25)35(40)36-34-31-14-8-7-13-27(31)21-33(34)39/h2,5-8,11-14,24,26,28-29,32-34,38-39H,1,3-4,9-10,15-23H2,(H,36,40)/t26?,28-,29+,32+,33-,34+/m1/s1. The highest BCUT2D eigenvalue weighted by molar-refractivity contribution is 5.80. The second-order valence-corrected chi connectivity index (χ2v) is 12.8. The van der Waals surface area contributed by atoms with Crippen molar-refractivity contribution in [2.75, 3.05) is 13.2 Å². The van der Waals surface area contributed by atoms with E-state index in [0.29, 0.717) is 44.6 Å². The predicted octanol–water partition coefficient (Wildman–Crippen LogP) is 5.34. The van der Waals surface area contributed by atoms with Crippen LogP contribution in [0.3, 0.4) is 0 Å². The summed E-state index contributed by atoms with van der Waals surface area (Å²) in [5, 5.41) is 25.6. The molecule has 5 rings (SSSR count). The summed E-state index contributed by atoms with van der Waals surface area (Å²) in [6, 6.07) is 17.3. The first-order valence-electron chi connectivity index (χ1n) is 15.8. The Morgan fingerprint density at radius 3 is 2.46 bits per heavy atom. The van der Waals surface area contributed by atoms with Crippen LogP contribution in [0.2, 0.25) is 0 Å². The predicted molar refractivity (Wildman–Crippen MR) is 159 cm³/mol. The van der Waals surface area contributed by atoms with E-state index >= 15 is 0 Å². The number of ether oxygens (including phenoxy) is 1. The van der Waals surface area contributed by atoms with Crippen LogP contribution in [-0.4, -0.2) is 47.3 Å². The van der Waals surface area contributed by atoms with Crippen LogP contribution in [0.4, 0.5) is 0 Å². The van der Waals surface area contributed by atoms with E-state index in [9.17, 15) is 19.8 Å². The summed E-state index contributed by atoms with van der Waals surface area (Å²) in [7, 11) is 0. The number of aliphatic hydroxyl groups excluding tert-OH is 2. The zero-order valence-corrected chi connectivity index (χ0v) is 24.3. The lowest BCUT2D eigenvalue weighted by Crippen LogP contribution is -2.40. The van der Waals surface area contributed by atoms with Gasteiger partial charge in [0.15, 0.2) is 0 Å². The molecule has 0 radical (unpaired) electrons. The molecular weight excluding hydrogens is 514 g/mol. The molecule has 0 bridgehead atoms. The van der Waals surface area contributed by atoms with Crippen molar-refractivity contribution in [1.29, 1.82) is 0 Å². The van der Waals surface area contributed by atoms with Crippen molar-refractivity contribution in [2.24, 2.45) is 23.7 Å². The first kappa shape index (κ1) is 29.9. The van der Waals surface area contributed by atoms with E-state index in [0.717, 1.165) is 49.0 Å². The van der Waals surface area contributed by atoms with Crippen LogP contribution < -0.4 is 5.32 Å². The molecule has 1 saturated heterocycles. The van der Waals surface area contributed by atoms with Crippen LogP contribution in [-0.2, 0) is 27.2 Å². The van der Waals surface area contributed by atoms with Crippen LogP contribution in [0.5, 0.6) is 0 Å². The van der Waals surface area contributed by atoms with Crippen LogP contribution >= 0.6 is 0 Å². The minimum absolute atomic E-state index is 0.153. The molecule has 1 unspecified atom stereocenters. The molecule has 222 valence electrons. The van der Waals surface area contributed by atoms with Crippen molar-refractivity contribution in [1.82, 2.24) is 5.32 Å². The SMILES string of the molecule is O=C(CC1CCOC1)C[C@@H](CC1CCCCC1)[C@@H](O)C[C@H](Cc1ccccc1)C(=O)N[C@H]1c2ccccc2C[C@H]1O. The topological polar surface area (TPSA) is 95.9 Å². The van der Waals surface area contributed by atoms with Gasteiger partial charge in [-0.25, -0.2) is 0 Å². The minimum Gasteiger partial charge on any atom is -0.393 e. The Kier molecular flexibility index (Phi) is 10.6. The molecule has 2 aliphatic carbocycles. The molecule has 6 atom stereocenters. The van der Waals surface area contributed by atoms with E-state index in [1.54, 1.807) is 0 Å². The Labute approximate surface area is 244 Å². The Balaban J connectivity index is 1.30. The van der Waals surface area contributed by atoms with Gasteiger partial charge in [0.05, 0.1) is 18.2 Å². The molecule has 1 saturated carbocycles. The molecule has 2 aromatic rings.